The molecule has 0 bridgehead atoms. The first kappa shape index (κ1) is 10.7. The summed E-state index contributed by atoms with van der Waals surface area (Å²) in [5.41, 5.74) is 1.88. The molecule has 2 N–H and O–H groups in total. The number of carbonyl (C=O) groups is 1. The van der Waals surface area contributed by atoms with Crippen molar-refractivity contribution in [3.05, 3.63) is 17.5 Å². The topological polar surface area (TPSA) is 67.2 Å². The maximum absolute atomic E-state index is 10.7. The lowest BCUT2D eigenvalue weighted by Crippen LogP contribution is -2.38. The van der Waals surface area contributed by atoms with E-state index in [1.165, 1.54) is 0 Å². The molecule has 0 aromatic carbocycles. The van der Waals surface area contributed by atoms with Gasteiger partial charge >= 0.3 is 5.97 Å². The van der Waals surface area contributed by atoms with E-state index in [0.29, 0.717) is 6.54 Å². The van der Waals surface area contributed by atoms with Gasteiger partial charge in [-0.2, -0.15) is 5.10 Å². The van der Waals surface area contributed by atoms with Crippen LogP contribution in [0.2, 0.25) is 0 Å². The molecule has 14 heavy (non-hydrogen) atoms. The predicted octanol–water partition coefficient (Wildman–Crippen LogP) is 0.173. The van der Waals surface area contributed by atoms with Crippen LogP contribution >= 0.6 is 0 Å². The molecule has 0 saturated heterocycles. The molecule has 1 heterocycles. The van der Waals surface area contributed by atoms with Gasteiger partial charge in [0.25, 0.3) is 0 Å². The minimum absolute atomic E-state index is 0.353. The minimum atomic E-state index is -0.861. The van der Waals surface area contributed by atoms with E-state index < -0.39 is 12.0 Å². The van der Waals surface area contributed by atoms with Gasteiger partial charge in [0.15, 0.2) is 0 Å². The highest BCUT2D eigenvalue weighted by Crippen LogP contribution is 2.02. The van der Waals surface area contributed by atoms with Crippen LogP contribution < -0.4 is 5.32 Å². The molecular formula is C9H15N3O2. The molecule has 0 aliphatic rings. The van der Waals surface area contributed by atoms with E-state index in [9.17, 15) is 4.79 Å². The van der Waals surface area contributed by atoms with Crippen LogP contribution in [0.25, 0.3) is 0 Å². The summed E-state index contributed by atoms with van der Waals surface area (Å²) >= 11 is 0. The zero-order chi connectivity index (χ0) is 10.7. The fraction of sp³-hybridized carbons (Fsp3) is 0.556. The van der Waals surface area contributed by atoms with E-state index in [0.717, 1.165) is 11.4 Å². The number of nitrogens with one attached hydrogen (secondary N) is 1. The van der Waals surface area contributed by atoms with Gasteiger partial charge in [-0.05, 0) is 27.0 Å². The first-order valence-corrected chi connectivity index (χ1v) is 4.45. The fourth-order valence-corrected chi connectivity index (χ4v) is 1.33. The minimum Gasteiger partial charge on any atom is -0.480 e. The summed E-state index contributed by atoms with van der Waals surface area (Å²) in [5.74, 6) is -0.861. The number of carboxylic acids is 1. The number of likely N-dealkylation sites (N-methyl/N-ethyl adjacent to an activating group) is 1. The van der Waals surface area contributed by atoms with E-state index in [-0.39, 0.29) is 0 Å². The van der Waals surface area contributed by atoms with Crippen molar-refractivity contribution in [3.8, 4) is 0 Å². The Morgan fingerprint density at radius 2 is 2.36 bits per heavy atom. The Labute approximate surface area is 82.7 Å². The van der Waals surface area contributed by atoms with Crippen molar-refractivity contribution in [1.82, 2.24) is 15.1 Å². The van der Waals surface area contributed by atoms with Gasteiger partial charge in [-0.15, -0.1) is 0 Å². The van der Waals surface area contributed by atoms with Gasteiger partial charge in [0.05, 0.1) is 12.2 Å². The predicted molar refractivity (Wildman–Crippen MR) is 52.2 cm³/mol. The number of hydrogen-bond acceptors (Lipinski definition) is 3. The first-order valence-electron chi connectivity index (χ1n) is 4.45. The number of aromatic nitrogens is 2. The van der Waals surface area contributed by atoms with Crippen LogP contribution in [0.3, 0.4) is 0 Å². The van der Waals surface area contributed by atoms with E-state index in [1.807, 2.05) is 19.9 Å². The lowest BCUT2D eigenvalue weighted by molar-refractivity contribution is -0.139. The second-order valence-electron chi connectivity index (χ2n) is 3.29. The molecule has 0 amide bonds. The van der Waals surface area contributed by atoms with Crippen LogP contribution in [0.4, 0.5) is 0 Å². The molecule has 0 saturated carbocycles. The van der Waals surface area contributed by atoms with E-state index >= 15 is 0 Å². The molecule has 1 aromatic rings. The summed E-state index contributed by atoms with van der Waals surface area (Å²) in [5, 5.41) is 15.7. The van der Waals surface area contributed by atoms with Gasteiger partial charge in [-0.25, -0.2) is 0 Å². The third kappa shape index (κ3) is 2.32. The average molecular weight is 197 g/mol. The molecule has 78 valence electrons. The molecule has 0 fully saturated rings. The van der Waals surface area contributed by atoms with Crippen molar-refractivity contribution < 1.29 is 9.90 Å². The SMILES string of the molecule is CNC(Cn1nc(C)cc1C)C(=O)O. The molecule has 1 aromatic heterocycles. The van der Waals surface area contributed by atoms with Crippen molar-refractivity contribution >= 4 is 5.97 Å². The van der Waals surface area contributed by atoms with Crippen molar-refractivity contribution in [2.45, 2.75) is 26.4 Å². The maximum Gasteiger partial charge on any atom is 0.322 e. The second kappa shape index (κ2) is 4.23. The standard InChI is InChI=1S/C9H15N3O2/c1-6-4-7(2)12(11-6)5-8(10-3)9(13)14/h4,8,10H,5H2,1-3H3,(H,13,14). The van der Waals surface area contributed by atoms with E-state index in [4.69, 9.17) is 5.11 Å². The smallest absolute Gasteiger partial charge is 0.322 e. The zero-order valence-corrected chi connectivity index (χ0v) is 8.61. The quantitative estimate of drug-likeness (QED) is 0.722. The fourth-order valence-electron chi connectivity index (χ4n) is 1.33. The lowest BCUT2D eigenvalue weighted by Gasteiger charge is -2.12. The Hall–Kier alpha value is -1.36. The first-order chi connectivity index (χ1) is 6.54. The largest absolute Gasteiger partial charge is 0.480 e. The van der Waals surface area contributed by atoms with Crippen molar-refractivity contribution in [2.24, 2.45) is 0 Å². The molecule has 0 aliphatic heterocycles. The second-order valence-corrected chi connectivity index (χ2v) is 3.29. The molecule has 1 unspecified atom stereocenters. The summed E-state index contributed by atoms with van der Waals surface area (Å²) in [7, 11) is 1.63. The van der Waals surface area contributed by atoms with Crippen molar-refractivity contribution in [3.63, 3.8) is 0 Å². The van der Waals surface area contributed by atoms with Crippen LogP contribution in [0, 0.1) is 13.8 Å². The van der Waals surface area contributed by atoms with Crippen LogP contribution in [-0.4, -0.2) is 33.9 Å². The van der Waals surface area contributed by atoms with Gasteiger partial charge in [0.2, 0.25) is 0 Å². The van der Waals surface area contributed by atoms with E-state index in [1.54, 1.807) is 11.7 Å². The van der Waals surface area contributed by atoms with Gasteiger partial charge in [-0.3, -0.25) is 9.48 Å². The highest BCUT2D eigenvalue weighted by atomic mass is 16.4. The number of hydrogen-bond donors (Lipinski definition) is 2. The van der Waals surface area contributed by atoms with Crippen LogP contribution in [0.5, 0.6) is 0 Å². The molecule has 1 rings (SSSR count). The Morgan fingerprint density at radius 3 is 2.71 bits per heavy atom. The van der Waals surface area contributed by atoms with Crippen LogP contribution in [0.15, 0.2) is 6.07 Å². The van der Waals surface area contributed by atoms with E-state index in [2.05, 4.69) is 10.4 Å². The molecule has 0 aliphatic carbocycles. The Kier molecular flexibility index (Phi) is 3.24. The summed E-state index contributed by atoms with van der Waals surface area (Å²) in [6.45, 7) is 4.15. The Morgan fingerprint density at radius 1 is 1.71 bits per heavy atom. The molecular weight excluding hydrogens is 182 g/mol. The molecule has 0 spiro atoms. The van der Waals surface area contributed by atoms with Crippen LogP contribution in [-0.2, 0) is 11.3 Å². The molecule has 5 heteroatoms. The van der Waals surface area contributed by atoms with Crippen molar-refractivity contribution in [2.75, 3.05) is 7.05 Å². The monoisotopic (exact) mass is 197 g/mol. The average Bonchev–Trinajstić information content (AvgIpc) is 2.40. The number of rotatable bonds is 4. The Balaban J connectivity index is 2.76. The summed E-state index contributed by atoms with van der Waals surface area (Å²) in [6.07, 6.45) is 0. The number of aryl methyl sites for hydroxylation is 2. The highest BCUT2D eigenvalue weighted by molar-refractivity contribution is 5.73. The highest BCUT2D eigenvalue weighted by Gasteiger charge is 2.16. The maximum atomic E-state index is 10.7. The number of carboxylic acid groups (broad SMARTS) is 1. The lowest BCUT2D eigenvalue weighted by atomic mass is 10.3. The van der Waals surface area contributed by atoms with Gasteiger partial charge in [0.1, 0.15) is 6.04 Å². The number of aliphatic carboxylic acids is 1. The van der Waals surface area contributed by atoms with Crippen molar-refractivity contribution in [1.29, 1.82) is 0 Å². The zero-order valence-electron chi connectivity index (χ0n) is 8.61. The van der Waals surface area contributed by atoms with Gasteiger partial charge < -0.3 is 10.4 Å². The Bertz CT molecular complexity index is 333. The summed E-state index contributed by atoms with van der Waals surface area (Å²) in [4.78, 5) is 10.7. The molecule has 0 radical (unpaired) electrons. The molecule has 1 atom stereocenters. The summed E-state index contributed by atoms with van der Waals surface area (Å²) < 4.78 is 1.70. The molecule has 5 nitrogen and oxygen atoms in total. The number of nitrogens with zero attached hydrogens (tertiary/aromatic N) is 2. The third-order valence-electron chi connectivity index (χ3n) is 2.11. The van der Waals surface area contributed by atoms with Gasteiger partial charge in [-0.1, -0.05) is 0 Å². The third-order valence-corrected chi connectivity index (χ3v) is 2.11. The normalized spacial score (nSPS) is 12.8. The summed E-state index contributed by atoms with van der Waals surface area (Å²) in [6, 6.07) is 1.34. The van der Waals surface area contributed by atoms with Crippen LogP contribution in [0.1, 0.15) is 11.4 Å². The van der Waals surface area contributed by atoms with Gasteiger partial charge in [0, 0.05) is 5.69 Å².